The maximum Gasteiger partial charge on any atom is 0.187 e. The number of Topliss-reactive ketones (excluding diaryl/α,β-unsaturated/α-hetero) is 1. The number of anilines is 2. The van der Waals surface area contributed by atoms with Gasteiger partial charge in [0, 0.05) is 26.7 Å². The maximum absolute atomic E-state index is 11.3. The first-order valence-corrected chi connectivity index (χ1v) is 8.38. The highest BCUT2D eigenvalue weighted by atomic mass is 79.9. The smallest absolute Gasteiger partial charge is 0.187 e. The predicted molar refractivity (Wildman–Crippen MR) is 95.0 cm³/mol. The molecule has 22 heavy (non-hydrogen) atoms. The van der Waals surface area contributed by atoms with Crippen LogP contribution < -0.4 is 5.32 Å². The summed E-state index contributed by atoms with van der Waals surface area (Å²) in [5.41, 5.74) is 3.65. The normalized spacial score (nSPS) is 10.5. The molecule has 0 amide bonds. The summed E-state index contributed by atoms with van der Waals surface area (Å²) >= 11 is 4.98. The Morgan fingerprint density at radius 1 is 1.09 bits per heavy atom. The van der Waals surface area contributed by atoms with Gasteiger partial charge in [-0.25, -0.2) is 4.98 Å². The summed E-state index contributed by atoms with van der Waals surface area (Å²) in [6.45, 7) is 1.56. The number of rotatable bonds is 4. The molecule has 0 spiro atoms. The van der Waals surface area contributed by atoms with E-state index < -0.39 is 0 Å². The average Bonchev–Trinajstić information content (AvgIpc) is 2.97. The number of ketones is 1. The van der Waals surface area contributed by atoms with Gasteiger partial charge in [0.05, 0.1) is 5.69 Å². The number of carbonyl (C=O) groups is 1. The fourth-order valence-corrected chi connectivity index (χ4v) is 3.00. The monoisotopic (exact) mass is 372 g/mol. The summed E-state index contributed by atoms with van der Waals surface area (Å²) in [4.78, 5) is 15.9. The van der Waals surface area contributed by atoms with Gasteiger partial charge in [-0.1, -0.05) is 28.1 Å². The molecule has 0 saturated heterocycles. The van der Waals surface area contributed by atoms with Gasteiger partial charge >= 0.3 is 0 Å². The minimum absolute atomic E-state index is 0.0679. The highest BCUT2D eigenvalue weighted by molar-refractivity contribution is 9.10. The molecule has 0 radical (unpaired) electrons. The van der Waals surface area contributed by atoms with Crippen molar-refractivity contribution in [2.45, 2.75) is 6.92 Å². The van der Waals surface area contributed by atoms with E-state index in [0.717, 1.165) is 26.5 Å². The molecular weight excluding hydrogens is 360 g/mol. The summed E-state index contributed by atoms with van der Waals surface area (Å²) < 4.78 is 1.05. The van der Waals surface area contributed by atoms with Crippen LogP contribution in [0.1, 0.15) is 17.3 Å². The second-order valence-electron chi connectivity index (χ2n) is 4.80. The Balaban J connectivity index is 1.76. The molecule has 2 aromatic carbocycles. The van der Waals surface area contributed by atoms with Crippen molar-refractivity contribution in [2.75, 3.05) is 5.32 Å². The lowest BCUT2D eigenvalue weighted by atomic mass is 10.1. The molecule has 0 aliphatic heterocycles. The predicted octanol–water partition coefficient (Wildman–Crippen LogP) is 5.52. The number of hydrogen-bond donors (Lipinski definition) is 1. The fourth-order valence-electron chi connectivity index (χ4n) is 2.00. The first kappa shape index (κ1) is 14.9. The lowest BCUT2D eigenvalue weighted by Crippen LogP contribution is -1.93. The molecule has 0 aliphatic carbocycles. The molecule has 0 fully saturated rings. The highest BCUT2D eigenvalue weighted by Crippen LogP contribution is 2.28. The van der Waals surface area contributed by atoms with Crippen molar-refractivity contribution < 1.29 is 4.79 Å². The second kappa shape index (κ2) is 6.42. The van der Waals surface area contributed by atoms with E-state index in [0.29, 0.717) is 5.56 Å². The summed E-state index contributed by atoms with van der Waals surface area (Å²) in [5.74, 6) is 0.0679. The lowest BCUT2D eigenvalue weighted by Gasteiger charge is -2.03. The molecule has 0 atom stereocenters. The third-order valence-corrected chi connectivity index (χ3v) is 4.47. The quantitative estimate of drug-likeness (QED) is 0.613. The first-order chi connectivity index (χ1) is 10.6. The number of thiazole rings is 1. The van der Waals surface area contributed by atoms with E-state index in [1.807, 2.05) is 53.9 Å². The highest BCUT2D eigenvalue weighted by Gasteiger charge is 2.05. The minimum Gasteiger partial charge on any atom is -0.332 e. The van der Waals surface area contributed by atoms with Gasteiger partial charge in [-0.3, -0.25) is 4.79 Å². The van der Waals surface area contributed by atoms with Gasteiger partial charge in [0.1, 0.15) is 0 Å². The zero-order valence-electron chi connectivity index (χ0n) is 11.8. The zero-order valence-corrected chi connectivity index (χ0v) is 14.2. The molecule has 1 N–H and O–H groups in total. The number of benzene rings is 2. The van der Waals surface area contributed by atoms with Gasteiger partial charge in [0.2, 0.25) is 0 Å². The van der Waals surface area contributed by atoms with E-state index in [1.54, 1.807) is 18.3 Å². The van der Waals surface area contributed by atoms with E-state index in [9.17, 15) is 4.79 Å². The van der Waals surface area contributed by atoms with E-state index in [2.05, 4.69) is 26.2 Å². The summed E-state index contributed by atoms with van der Waals surface area (Å²) in [5, 5.41) is 6.11. The Morgan fingerprint density at radius 3 is 2.41 bits per heavy atom. The van der Waals surface area contributed by atoms with Crippen molar-refractivity contribution in [2.24, 2.45) is 0 Å². The van der Waals surface area contributed by atoms with Crippen molar-refractivity contribution in [3.63, 3.8) is 0 Å². The third-order valence-electron chi connectivity index (χ3n) is 3.19. The van der Waals surface area contributed by atoms with Gasteiger partial charge in [-0.15, -0.1) is 11.3 Å². The number of hydrogen-bond acceptors (Lipinski definition) is 4. The molecule has 3 aromatic rings. The summed E-state index contributed by atoms with van der Waals surface area (Å²) in [7, 11) is 0. The molecule has 1 aromatic heterocycles. The standard InChI is InChI=1S/C17H13BrN2OS/c1-11(21)12-4-8-15(9-5-12)19-17-20-16(10-22-17)13-2-6-14(18)7-3-13/h2-10H,1H3,(H,19,20). The SMILES string of the molecule is CC(=O)c1ccc(Nc2nc(-c3ccc(Br)cc3)cs2)cc1. The molecule has 3 rings (SSSR count). The molecule has 0 bridgehead atoms. The number of nitrogens with one attached hydrogen (secondary N) is 1. The molecule has 110 valence electrons. The van der Waals surface area contributed by atoms with Crippen LogP contribution in [-0.2, 0) is 0 Å². The van der Waals surface area contributed by atoms with Gasteiger partial charge in [0.25, 0.3) is 0 Å². The van der Waals surface area contributed by atoms with Crippen molar-refractivity contribution in [1.82, 2.24) is 4.98 Å². The second-order valence-corrected chi connectivity index (χ2v) is 6.58. The van der Waals surface area contributed by atoms with E-state index >= 15 is 0 Å². The Morgan fingerprint density at radius 2 is 1.77 bits per heavy atom. The van der Waals surface area contributed by atoms with E-state index in [-0.39, 0.29) is 5.78 Å². The first-order valence-electron chi connectivity index (χ1n) is 6.71. The van der Waals surface area contributed by atoms with E-state index in [1.165, 1.54) is 0 Å². The van der Waals surface area contributed by atoms with Crippen molar-refractivity contribution in [3.05, 3.63) is 63.9 Å². The third kappa shape index (κ3) is 3.43. The molecule has 0 saturated carbocycles. The van der Waals surface area contributed by atoms with Crippen LogP contribution in [0.4, 0.5) is 10.8 Å². The molecule has 5 heteroatoms. The number of halogens is 1. The van der Waals surface area contributed by atoms with Crippen LogP contribution in [0.5, 0.6) is 0 Å². The Labute approximate surface area is 141 Å². The summed E-state index contributed by atoms with van der Waals surface area (Å²) in [6.07, 6.45) is 0. The van der Waals surface area contributed by atoms with Crippen LogP contribution in [0.2, 0.25) is 0 Å². The van der Waals surface area contributed by atoms with Crippen LogP contribution in [0.15, 0.2) is 58.4 Å². The zero-order chi connectivity index (χ0) is 15.5. The van der Waals surface area contributed by atoms with Gasteiger partial charge in [0.15, 0.2) is 10.9 Å². The van der Waals surface area contributed by atoms with Crippen LogP contribution in [0, 0.1) is 0 Å². The number of nitrogens with zero attached hydrogens (tertiary/aromatic N) is 1. The van der Waals surface area contributed by atoms with Crippen LogP contribution >= 0.6 is 27.3 Å². The molecule has 0 aliphatic rings. The number of aromatic nitrogens is 1. The summed E-state index contributed by atoms with van der Waals surface area (Å²) in [6, 6.07) is 15.5. The number of carbonyl (C=O) groups excluding carboxylic acids is 1. The fraction of sp³-hybridized carbons (Fsp3) is 0.0588. The average molecular weight is 373 g/mol. The lowest BCUT2D eigenvalue weighted by molar-refractivity contribution is 0.101. The maximum atomic E-state index is 11.3. The molecule has 0 unspecified atom stereocenters. The van der Waals surface area contributed by atoms with Crippen molar-refractivity contribution >= 4 is 43.9 Å². The van der Waals surface area contributed by atoms with E-state index in [4.69, 9.17) is 0 Å². The Hall–Kier alpha value is -1.98. The Kier molecular flexibility index (Phi) is 4.36. The molecule has 3 nitrogen and oxygen atoms in total. The topological polar surface area (TPSA) is 42.0 Å². The van der Waals surface area contributed by atoms with Crippen molar-refractivity contribution in [1.29, 1.82) is 0 Å². The van der Waals surface area contributed by atoms with Crippen molar-refractivity contribution in [3.8, 4) is 11.3 Å². The largest absolute Gasteiger partial charge is 0.332 e. The molecule has 1 heterocycles. The van der Waals surface area contributed by atoms with Gasteiger partial charge < -0.3 is 5.32 Å². The van der Waals surface area contributed by atoms with Gasteiger partial charge in [-0.05, 0) is 43.3 Å². The molecular formula is C17H13BrN2OS. The minimum atomic E-state index is 0.0679. The Bertz CT molecular complexity index is 794. The van der Waals surface area contributed by atoms with Crippen LogP contribution in [-0.4, -0.2) is 10.8 Å². The van der Waals surface area contributed by atoms with Crippen LogP contribution in [0.25, 0.3) is 11.3 Å². The van der Waals surface area contributed by atoms with Crippen LogP contribution in [0.3, 0.4) is 0 Å². The van der Waals surface area contributed by atoms with Gasteiger partial charge in [-0.2, -0.15) is 0 Å².